The second kappa shape index (κ2) is 10.7. The molecule has 1 unspecified atom stereocenters. The molecular weight excluding hydrogens is 446 g/mol. The van der Waals surface area contributed by atoms with Gasteiger partial charge in [0, 0.05) is 45.7 Å². The fourth-order valence-electron chi connectivity index (χ4n) is 4.83. The number of benzene rings is 1. The zero-order valence-corrected chi connectivity index (χ0v) is 20.3. The fraction of sp³-hybridized carbons (Fsp3) is 0.500. The SMILES string of the molecule is Cc1ccc(C2=NN(C(=O)CN3CCN(C(=O)CN4CCOCC4)CC3)C(c3ccco3)C2)cc1. The van der Waals surface area contributed by atoms with Gasteiger partial charge < -0.3 is 14.1 Å². The Hall–Kier alpha value is -3.01. The van der Waals surface area contributed by atoms with E-state index in [0.29, 0.717) is 52.4 Å². The number of morpholine rings is 1. The predicted molar refractivity (Wildman–Crippen MR) is 131 cm³/mol. The molecule has 5 rings (SSSR count). The van der Waals surface area contributed by atoms with E-state index >= 15 is 0 Å². The largest absolute Gasteiger partial charge is 0.467 e. The Morgan fingerprint density at radius 2 is 1.60 bits per heavy atom. The highest BCUT2D eigenvalue weighted by atomic mass is 16.5. The van der Waals surface area contributed by atoms with Crippen LogP contribution >= 0.6 is 0 Å². The molecule has 9 heteroatoms. The normalized spacial score (nSPS) is 21.9. The molecule has 2 amide bonds. The Morgan fingerprint density at radius 3 is 2.29 bits per heavy atom. The maximum absolute atomic E-state index is 13.4. The van der Waals surface area contributed by atoms with Crippen molar-refractivity contribution in [1.82, 2.24) is 19.7 Å². The average molecular weight is 480 g/mol. The number of rotatable bonds is 6. The van der Waals surface area contributed by atoms with E-state index in [0.717, 1.165) is 30.1 Å². The number of hydrogen-bond donors (Lipinski definition) is 0. The van der Waals surface area contributed by atoms with Gasteiger partial charge in [0.25, 0.3) is 5.91 Å². The van der Waals surface area contributed by atoms with E-state index in [2.05, 4.69) is 41.0 Å². The summed E-state index contributed by atoms with van der Waals surface area (Å²) in [6.45, 7) is 8.37. The standard InChI is InChI=1S/C26H33N5O4/c1-20-4-6-21(7-5-20)22-17-23(24-3-2-14-35-24)31(27-22)26(33)19-28-8-10-30(11-9-28)25(32)18-29-12-15-34-16-13-29/h2-7,14,23H,8-13,15-19H2,1H3. The number of piperazine rings is 1. The minimum absolute atomic E-state index is 0.0541. The van der Waals surface area contributed by atoms with Crippen LogP contribution in [0.1, 0.15) is 29.3 Å². The molecule has 1 aromatic heterocycles. The molecule has 2 aromatic rings. The van der Waals surface area contributed by atoms with Crippen LogP contribution in [0.25, 0.3) is 0 Å². The van der Waals surface area contributed by atoms with Crippen molar-refractivity contribution in [3.63, 3.8) is 0 Å². The maximum atomic E-state index is 13.4. The molecule has 3 aliphatic rings. The second-order valence-electron chi connectivity index (χ2n) is 9.43. The number of hydrazone groups is 1. The molecular formula is C26H33N5O4. The molecule has 0 N–H and O–H groups in total. The molecule has 1 atom stereocenters. The molecule has 3 aliphatic heterocycles. The Bertz CT molecular complexity index is 1040. The monoisotopic (exact) mass is 479 g/mol. The van der Waals surface area contributed by atoms with Gasteiger partial charge in [0.15, 0.2) is 0 Å². The van der Waals surface area contributed by atoms with E-state index in [4.69, 9.17) is 14.3 Å². The summed E-state index contributed by atoms with van der Waals surface area (Å²) in [6, 6.07) is 11.7. The van der Waals surface area contributed by atoms with Crippen LogP contribution in [0.2, 0.25) is 0 Å². The van der Waals surface area contributed by atoms with Crippen LogP contribution in [-0.2, 0) is 14.3 Å². The van der Waals surface area contributed by atoms with Gasteiger partial charge in [0.05, 0.1) is 38.3 Å². The van der Waals surface area contributed by atoms with Gasteiger partial charge in [-0.2, -0.15) is 5.10 Å². The molecule has 0 spiro atoms. The third-order valence-electron chi connectivity index (χ3n) is 6.97. The molecule has 0 saturated carbocycles. The number of hydrogen-bond acceptors (Lipinski definition) is 7. The molecule has 9 nitrogen and oxygen atoms in total. The Labute approximate surface area is 205 Å². The summed E-state index contributed by atoms with van der Waals surface area (Å²) < 4.78 is 11.0. The lowest BCUT2D eigenvalue weighted by atomic mass is 10.0. The van der Waals surface area contributed by atoms with Gasteiger partial charge in [-0.15, -0.1) is 0 Å². The highest BCUT2D eigenvalue weighted by molar-refractivity contribution is 6.03. The van der Waals surface area contributed by atoms with Gasteiger partial charge in [-0.05, 0) is 24.6 Å². The lowest BCUT2D eigenvalue weighted by Gasteiger charge is -2.36. The van der Waals surface area contributed by atoms with E-state index in [-0.39, 0.29) is 24.4 Å². The van der Waals surface area contributed by atoms with Gasteiger partial charge >= 0.3 is 0 Å². The van der Waals surface area contributed by atoms with E-state index in [9.17, 15) is 9.59 Å². The first-order valence-electron chi connectivity index (χ1n) is 12.4. The Kier molecular flexibility index (Phi) is 7.26. The first-order valence-corrected chi connectivity index (χ1v) is 12.4. The summed E-state index contributed by atoms with van der Waals surface area (Å²) in [6.07, 6.45) is 2.25. The van der Waals surface area contributed by atoms with E-state index in [1.54, 1.807) is 11.3 Å². The van der Waals surface area contributed by atoms with Gasteiger partial charge in [-0.25, -0.2) is 5.01 Å². The molecule has 2 saturated heterocycles. The van der Waals surface area contributed by atoms with Crippen LogP contribution < -0.4 is 0 Å². The van der Waals surface area contributed by atoms with E-state index < -0.39 is 0 Å². The smallest absolute Gasteiger partial charge is 0.257 e. The molecule has 0 radical (unpaired) electrons. The first kappa shape index (κ1) is 23.7. The van der Waals surface area contributed by atoms with Gasteiger partial charge in [-0.1, -0.05) is 29.8 Å². The van der Waals surface area contributed by atoms with Crippen molar-refractivity contribution in [3.8, 4) is 0 Å². The van der Waals surface area contributed by atoms with Crippen molar-refractivity contribution in [2.75, 3.05) is 65.6 Å². The quantitative estimate of drug-likeness (QED) is 0.628. The fourth-order valence-corrected chi connectivity index (χ4v) is 4.83. The lowest BCUT2D eigenvalue weighted by Crippen LogP contribution is -2.53. The van der Waals surface area contributed by atoms with Crippen LogP contribution in [0, 0.1) is 6.92 Å². The zero-order valence-electron chi connectivity index (χ0n) is 20.3. The van der Waals surface area contributed by atoms with Crippen LogP contribution in [0.5, 0.6) is 0 Å². The van der Waals surface area contributed by atoms with E-state index in [1.165, 1.54) is 5.56 Å². The number of amides is 2. The molecule has 186 valence electrons. The number of aryl methyl sites for hydroxylation is 1. The highest BCUT2D eigenvalue weighted by Crippen LogP contribution is 2.33. The van der Waals surface area contributed by atoms with Gasteiger partial charge in [0.2, 0.25) is 5.91 Å². The van der Waals surface area contributed by atoms with Crippen molar-refractivity contribution < 1.29 is 18.7 Å². The van der Waals surface area contributed by atoms with Crippen molar-refractivity contribution in [2.24, 2.45) is 5.10 Å². The summed E-state index contributed by atoms with van der Waals surface area (Å²) >= 11 is 0. The average Bonchev–Trinajstić information content (AvgIpc) is 3.56. The number of ether oxygens (including phenoxy) is 1. The summed E-state index contributed by atoms with van der Waals surface area (Å²) in [4.78, 5) is 32.2. The first-order chi connectivity index (χ1) is 17.1. The van der Waals surface area contributed by atoms with Gasteiger partial charge in [0.1, 0.15) is 11.8 Å². The number of nitrogens with zero attached hydrogens (tertiary/aromatic N) is 5. The van der Waals surface area contributed by atoms with Crippen LogP contribution in [0.15, 0.2) is 52.2 Å². The summed E-state index contributed by atoms with van der Waals surface area (Å²) in [5, 5.41) is 6.32. The van der Waals surface area contributed by atoms with Crippen LogP contribution in [0.4, 0.5) is 0 Å². The number of furan rings is 1. The van der Waals surface area contributed by atoms with Gasteiger partial charge in [-0.3, -0.25) is 19.4 Å². The third kappa shape index (κ3) is 5.63. The number of carbonyl (C=O) groups is 2. The summed E-state index contributed by atoms with van der Waals surface area (Å²) in [5.41, 5.74) is 3.10. The minimum Gasteiger partial charge on any atom is -0.467 e. The van der Waals surface area contributed by atoms with Crippen molar-refractivity contribution >= 4 is 17.5 Å². The Balaban J connectivity index is 1.19. The van der Waals surface area contributed by atoms with Crippen molar-refractivity contribution in [2.45, 2.75) is 19.4 Å². The maximum Gasteiger partial charge on any atom is 0.257 e. The molecule has 1 aromatic carbocycles. The zero-order chi connectivity index (χ0) is 24.2. The predicted octanol–water partition coefficient (Wildman–Crippen LogP) is 1.74. The molecule has 0 bridgehead atoms. The van der Waals surface area contributed by atoms with E-state index in [1.807, 2.05) is 17.0 Å². The highest BCUT2D eigenvalue weighted by Gasteiger charge is 2.36. The number of carbonyl (C=O) groups excluding carboxylic acids is 2. The van der Waals surface area contributed by atoms with Crippen LogP contribution in [-0.4, -0.2) is 103 Å². The minimum atomic E-state index is -0.245. The molecule has 35 heavy (non-hydrogen) atoms. The molecule has 2 fully saturated rings. The van der Waals surface area contributed by atoms with Crippen molar-refractivity contribution in [3.05, 3.63) is 59.5 Å². The second-order valence-corrected chi connectivity index (χ2v) is 9.43. The summed E-state index contributed by atoms with van der Waals surface area (Å²) in [5.74, 6) is 0.840. The topological polar surface area (TPSA) is 81.8 Å². The summed E-state index contributed by atoms with van der Waals surface area (Å²) in [7, 11) is 0. The molecule has 0 aliphatic carbocycles. The van der Waals surface area contributed by atoms with Crippen molar-refractivity contribution in [1.29, 1.82) is 0 Å². The van der Waals surface area contributed by atoms with Crippen LogP contribution in [0.3, 0.4) is 0 Å². The lowest BCUT2D eigenvalue weighted by molar-refractivity contribution is -0.137. The molecule has 4 heterocycles. The third-order valence-corrected chi connectivity index (χ3v) is 6.97. The Morgan fingerprint density at radius 1 is 0.914 bits per heavy atom.